The van der Waals surface area contributed by atoms with Gasteiger partial charge in [0.25, 0.3) is 0 Å². The van der Waals surface area contributed by atoms with Crippen LogP contribution in [-0.4, -0.2) is 50.5 Å². The third-order valence-corrected chi connectivity index (χ3v) is 10.1. The zero-order valence-corrected chi connectivity index (χ0v) is 23.9. The summed E-state index contributed by atoms with van der Waals surface area (Å²) in [5.41, 5.74) is 8.08. The predicted molar refractivity (Wildman–Crippen MR) is 153 cm³/mol. The molecule has 3 aromatic rings. The van der Waals surface area contributed by atoms with Crippen LogP contribution in [0.2, 0.25) is 5.02 Å². The molecule has 2 heterocycles. The van der Waals surface area contributed by atoms with E-state index in [0.29, 0.717) is 30.3 Å². The molecule has 2 fully saturated rings. The molecular weight excluding hydrogens is 572 g/mol. The zero-order valence-electron chi connectivity index (χ0n) is 22.3. The number of benzene rings is 3. The molecule has 2 saturated heterocycles. The van der Waals surface area contributed by atoms with Gasteiger partial charge in [-0.05, 0) is 85.7 Å². The average Bonchev–Trinajstić information content (AvgIpc) is 3.75. The van der Waals surface area contributed by atoms with Crippen LogP contribution in [0.25, 0.3) is 0 Å². The molecule has 0 radical (unpaired) electrons. The summed E-state index contributed by atoms with van der Waals surface area (Å²) >= 11 is 6.09. The Morgan fingerprint density at radius 1 is 1.05 bits per heavy atom. The van der Waals surface area contributed by atoms with Gasteiger partial charge in [-0.15, -0.1) is 0 Å². The number of carbonyl (C=O) groups excluding carboxylic acids is 1. The second kappa shape index (κ2) is 12.5. The predicted octanol–water partition coefficient (Wildman–Crippen LogP) is 5.10. The molecule has 0 spiro atoms. The number of nitrogens with one attached hydrogen (secondary N) is 1. The van der Waals surface area contributed by atoms with E-state index in [1.807, 2.05) is 12.1 Å². The van der Waals surface area contributed by atoms with Gasteiger partial charge in [0.2, 0.25) is 15.9 Å². The third-order valence-electron chi connectivity index (χ3n) is 7.91. The molecule has 0 bridgehead atoms. The van der Waals surface area contributed by atoms with Crippen LogP contribution < -0.4 is 11.1 Å². The van der Waals surface area contributed by atoms with E-state index in [2.05, 4.69) is 5.32 Å². The molecule has 0 aromatic heterocycles. The summed E-state index contributed by atoms with van der Waals surface area (Å²) in [5.74, 6) is -1.61. The first-order valence-electron chi connectivity index (χ1n) is 13.6. The number of anilines is 1. The topological polar surface area (TPSA) is 102 Å². The van der Waals surface area contributed by atoms with Crippen molar-refractivity contribution in [2.75, 3.05) is 25.1 Å². The first kappa shape index (κ1) is 29.6. The maximum atomic E-state index is 15.0. The fourth-order valence-electron chi connectivity index (χ4n) is 5.58. The molecule has 1 amide bonds. The summed E-state index contributed by atoms with van der Waals surface area (Å²) in [4.78, 5) is 13.5. The Kier molecular flexibility index (Phi) is 9.06. The molecule has 1 unspecified atom stereocenters. The lowest BCUT2D eigenvalue weighted by Crippen LogP contribution is -2.44. The molecular formula is C30H32ClF2N3O4S. The maximum Gasteiger partial charge on any atom is 0.243 e. The monoisotopic (exact) mass is 603 g/mol. The molecule has 41 heavy (non-hydrogen) atoms. The molecule has 0 aliphatic carbocycles. The highest BCUT2D eigenvalue weighted by atomic mass is 35.5. The standard InChI is InChI=1S/C30H32ClF2N3O4S/c31-21-6-4-19(5-7-21)28(20-14-16-40-17-15-20)29(34)30(37)35-27-3-1-2-26(33)25(27)13-10-23-18-36(23)41(38,39)24-11-8-22(32)9-12-24/h1-9,11-12,20,23,28-29H,10,13-18,34H2,(H,35,37)/t23-,28-,29-,36?/m0/s1. The smallest absolute Gasteiger partial charge is 0.243 e. The van der Waals surface area contributed by atoms with E-state index in [-0.39, 0.29) is 41.3 Å². The number of ether oxygens (including phenoxy) is 1. The van der Waals surface area contributed by atoms with Crippen LogP contribution in [0.5, 0.6) is 0 Å². The molecule has 4 atom stereocenters. The van der Waals surface area contributed by atoms with Gasteiger partial charge < -0.3 is 15.8 Å². The first-order valence-corrected chi connectivity index (χ1v) is 15.4. The summed E-state index contributed by atoms with van der Waals surface area (Å²) in [6.07, 6.45) is 2.08. The van der Waals surface area contributed by atoms with Crippen molar-refractivity contribution in [1.82, 2.24) is 4.31 Å². The minimum atomic E-state index is -3.77. The lowest BCUT2D eigenvalue weighted by Gasteiger charge is -2.34. The minimum absolute atomic E-state index is 0.00833. The Morgan fingerprint density at radius 3 is 2.41 bits per heavy atom. The molecule has 11 heteroatoms. The molecule has 218 valence electrons. The van der Waals surface area contributed by atoms with Crippen LogP contribution in [0.4, 0.5) is 14.5 Å². The Bertz CT molecular complexity index is 1480. The molecule has 3 N–H and O–H groups in total. The van der Waals surface area contributed by atoms with E-state index < -0.39 is 33.6 Å². The Hall–Kier alpha value is -2.89. The van der Waals surface area contributed by atoms with Gasteiger partial charge in [0.15, 0.2) is 0 Å². The largest absolute Gasteiger partial charge is 0.381 e. The van der Waals surface area contributed by atoms with Gasteiger partial charge in [0.05, 0.1) is 10.9 Å². The Balaban J connectivity index is 1.28. The lowest BCUT2D eigenvalue weighted by molar-refractivity contribution is -0.118. The number of sulfonamides is 1. The Labute approximate surface area is 243 Å². The zero-order chi connectivity index (χ0) is 29.1. The summed E-state index contributed by atoms with van der Waals surface area (Å²) in [7, 11) is -3.77. The number of nitrogens with two attached hydrogens (primary N) is 1. The van der Waals surface area contributed by atoms with Crippen molar-refractivity contribution in [2.45, 2.75) is 48.6 Å². The van der Waals surface area contributed by atoms with Crippen molar-refractivity contribution >= 4 is 33.2 Å². The first-order chi connectivity index (χ1) is 19.6. The van der Waals surface area contributed by atoms with Crippen molar-refractivity contribution in [3.8, 4) is 0 Å². The van der Waals surface area contributed by atoms with Crippen molar-refractivity contribution in [3.63, 3.8) is 0 Å². The number of carbonyl (C=O) groups is 1. The summed E-state index contributed by atoms with van der Waals surface area (Å²) in [6.45, 7) is 1.47. The number of amides is 1. The summed E-state index contributed by atoms with van der Waals surface area (Å²) in [6, 6.07) is 15.2. The van der Waals surface area contributed by atoms with Crippen molar-refractivity contribution in [2.24, 2.45) is 11.7 Å². The number of hydrogen-bond donors (Lipinski definition) is 2. The van der Waals surface area contributed by atoms with Gasteiger partial charge in [-0.25, -0.2) is 17.2 Å². The van der Waals surface area contributed by atoms with Crippen LogP contribution >= 0.6 is 11.6 Å². The van der Waals surface area contributed by atoms with Gasteiger partial charge in [0.1, 0.15) is 11.6 Å². The molecule has 5 rings (SSSR count). The lowest BCUT2D eigenvalue weighted by atomic mass is 9.76. The molecule has 0 saturated carbocycles. The maximum absolute atomic E-state index is 15.0. The van der Waals surface area contributed by atoms with Crippen molar-refractivity contribution < 1.29 is 26.7 Å². The van der Waals surface area contributed by atoms with E-state index in [1.54, 1.807) is 18.2 Å². The highest BCUT2D eigenvalue weighted by Crippen LogP contribution is 2.36. The molecule has 2 aliphatic rings. The average molecular weight is 604 g/mol. The van der Waals surface area contributed by atoms with E-state index in [1.165, 1.54) is 28.6 Å². The normalized spacial score (nSPS) is 20.8. The van der Waals surface area contributed by atoms with Crippen LogP contribution in [0.3, 0.4) is 0 Å². The number of hydrogen-bond acceptors (Lipinski definition) is 5. The van der Waals surface area contributed by atoms with Gasteiger partial charge in [-0.3, -0.25) is 4.79 Å². The van der Waals surface area contributed by atoms with Crippen molar-refractivity contribution in [1.29, 1.82) is 0 Å². The highest BCUT2D eigenvalue weighted by molar-refractivity contribution is 7.89. The highest BCUT2D eigenvalue weighted by Gasteiger charge is 2.44. The quantitative estimate of drug-likeness (QED) is 0.314. The third kappa shape index (κ3) is 6.79. The van der Waals surface area contributed by atoms with Crippen LogP contribution in [0.15, 0.2) is 71.6 Å². The SMILES string of the molecule is N[C@H](C(=O)Nc1cccc(F)c1CC[C@H]1CN1S(=O)(=O)c1ccc(F)cc1)[C@@H](c1ccc(Cl)cc1)C1CCOCC1. The second-order valence-corrected chi connectivity index (χ2v) is 12.9. The van der Waals surface area contributed by atoms with E-state index >= 15 is 0 Å². The molecule has 2 aliphatic heterocycles. The fraction of sp³-hybridized carbons (Fsp3) is 0.367. The van der Waals surface area contributed by atoms with Gasteiger partial charge in [0, 0.05) is 48.0 Å². The summed E-state index contributed by atoms with van der Waals surface area (Å²) < 4.78 is 60.8. The summed E-state index contributed by atoms with van der Waals surface area (Å²) in [5, 5.41) is 3.42. The number of halogens is 3. The molecule has 7 nitrogen and oxygen atoms in total. The Morgan fingerprint density at radius 2 is 1.73 bits per heavy atom. The number of nitrogens with zero attached hydrogens (tertiary/aromatic N) is 1. The van der Waals surface area contributed by atoms with Gasteiger partial charge in [-0.1, -0.05) is 29.8 Å². The number of rotatable bonds is 10. The van der Waals surface area contributed by atoms with Gasteiger partial charge >= 0.3 is 0 Å². The fourth-order valence-corrected chi connectivity index (χ4v) is 7.33. The van der Waals surface area contributed by atoms with Crippen LogP contribution in [-0.2, 0) is 26.0 Å². The van der Waals surface area contributed by atoms with E-state index in [9.17, 15) is 22.0 Å². The van der Waals surface area contributed by atoms with E-state index in [0.717, 1.165) is 30.5 Å². The second-order valence-electron chi connectivity index (χ2n) is 10.5. The van der Waals surface area contributed by atoms with Crippen LogP contribution in [0, 0.1) is 17.6 Å². The van der Waals surface area contributed by atoms with Crippen LogP contribution in [0.1, 0.15) is 36.3 Å². The van der Waals surface area contributed by atoms with E-state index in [4.69, 9.17) is 22.1 Å². The van der Waals surface area contributed by atoms with Crippen molar-refractivity contribution in [3.05, 3.63) is 94.5 Å². The van der Waals surface area contributed by atoms with Gasteiger partial charge in [-0.2, -0.15) is 4.31 Å². The minimum Gasteiger partial charge on any atom is -0.381 e. The molecule has 3 aromatic carbocycles.